The molecule has 2 atom stereocenters. The van der Waals surface area contributed by atoms with Gasteiger partial charge in [-0.15, -0.1) is 0 Å². The summed E-state index contributed by atoms with van der Waals surface area (Å²) in [4.78, 5) is 24.5. The van der Waals surface area contributed by atoms with Gasteiger partial charge in [-0.1, -0.05) is 0 Å². The number of anilines is 1. The third kappa shape index (κ3) is 3.14. The number of pyridine rings is 1. The maximum absolute atomic E-state index is 14.3. The van der Waals surface area contributed by atoms with Crippen LogP contribution in [-0.2, 0) is 11.2 Å². The first-order chi connectivity index (χ1) is 15.2. The molecule has 160 valence electrons. The van der Waals surface area contributed by atoms with Crippen LogP contribution in [0.3, 0.4) is 0 Å². The molecular weight excluding hydrogens is 401 g/mol. The van der Waals surface area contributed by atoms with E-state index in [0.29, 0.717) is 37.4 Å². The number of hydrogen-bond donors (Lipinski definition) is 1. The van der Waals surface area contributed by atoms with Gasteiger partial charge < -0.3 is 9.64 Å². The number of nitrogens with zero attached hydrogens (tertiary/aromatic N) is 6. The fraction of sp³-hybridized carbons (Fsp3) is 0.429. The molecule has 3 aromatic heterocycles. The lowest BCUT2D eigenvalue weighted by molar-refractivity contribution is -0.0297. The first-order valence-electron chi connectivity index (χ1n) is 10.6. The molecule has 1 amide bonds. The van der Waals surface area contributed by atoms with Crippen LogP contribution in [0.2, 0.25) is 0 Å². The number of ether oxygens (including phenoxy) is 1. The van der Waals surface area contributed by atoms with Crippen LogP contribution in [-0.4, -0.2) is 62.8 Å². The highest BCUT2D eigenvalue weighted by Crippen LogP contribution is 2.37. The van der Waals surface area contributed by atoms with E-state index in [1.807, 2.05) is 17.3 Å². The lowest BCUT2D eigenvalue weighted by Gasteiger charge is -2.36. The highest BCUT2D eigenvalue weighted by molar-refractivity contribution is 5.99. The van der Waals surface area contributed by atoms with Gasteiger partial charge in [-0.05, 0) is 30.5 Å². The van der Waals surface area contributed by atoms with E-state index < -0.39 is 0 Å². The first kappa shape index (κ1) is 18.6. The van der Waals surface area contributed by atoms with Crippen LogP contribution in [0.1, 0.15) is 40.5 Å². The Bertz CT molecular complexity index is 1170. The van der Waals surface area contributed by atoms with E-state index in [4.69, 9.17) is 9.72 Å². The van der Waals surface area contributed by atoms with Gasteiger partial charge in [0.1, 0.15) is 17.2 Å². The number of amides is 1. The number of nitrogens with one attached hydrogen (secondary N) is 1. The van der Waals surface area contributed by atoms with Crippen molar-refractivity contribution in [2.75, 3.05) is 31.2 Å². The monoisotopic (exact) mass is 423 g/mol. The van der Waals surface area contributed by atoms with E-state index >= 15 is 0 Å². The van der Waals surface area contributed by atoms with E-state index in [2.05, 4.69) is 20.4 Å². The molecule has 0 aromatic carbocycles. The minimum Gasteiger partial charge on any atom is -0.378 e. The van der Waals surface area contributed by atoms with Crippen molar-refractivity contribution in [1.82, 2.24) is 30.0 Å². The summed E-state index contributed by atoms with van der Waals surface area (Å²) in [5.41, 5.74) is 5.64. The molecule has 0 unspecified atom stereocenters. The Labute approximate surface area is 177 Å². The molecule has 2 saturated heterocycles. The minimum atomic E-state index is -0.346. The third-order valence-corrected chi connectivity index (χ3v) is 6.38. The highest BCUT2D eigenvalue weighted by Gasteiger charge is 2.33. The molecule has 3 aliphatic heterocycles. The van der Waals surface area contributed by atoms with Crippen LogP contribution in [0.5, 0.6) is 0 Å². The van der Waals surface area contributed by atoms with Crippen LogP contribution in [0.4, 0.5) is 10.2 Å². The number of morpholine rings is 1. The zero-order valence-corrected chi connectivity index (χ0v) is 16.9. The van der Waals surface area contributed by atoms with Crippen LogP contribution in [0, 0.1) is 5.82 Å². The topological polar surface area (TPSA) is 87.9 Å². The molecular formula is C21H22FN7O2. The van der Waals surface area contributed by atoms with E-state index in [1.54, 1.807) is 16.8 Å². The Morgan fingerprint density at radius 1 is 1.26 bits per heavy atom. The van der Waals surface area contributed by atoms with Crippen molar-refractivity contribution in [3.05, 3.63) is 53.4 Å². The number of carbonyl (C=O) groups excluding carboxylic acids is 1. The SMILES string of the molecule is O=C1NN2CCOC[C@@H]2Cc2ncc(F)cc2[C@H]2CCCN2c2ccn3ncc1c3n2. The standard InChI is InChI=1S/C21H22FN7O2/c22-13-8-15-17(23-10-13)9-14-12-31-7-6-28(14)26-21(30)16-11-24-29-5-3-19(25-20(16)29)27-4-1-2-18(15)27/h3,5,8,10-11,14,18H,1-2,4,6-7,9,12H2,(H,26,30)/t14-,18+/m0/s1. The second-order valence-corrected chi connectivity index (χ2v) is 8.22. The van der Waals surface area contributed by atoms with E-state index in [9.17, 15) is 9.18 Å². The fourth-order valence-corrected chi connectivity index (χ4v) is 4.87. The van der Waals surface area contributed by atoms with Crippen LogP contribution in [0.15, 0.2) is 30.7 Å². The van der Waals surface area contributed by atoms with Crippen molar-refractivity contribution in [2.45, 2.75) is 31.3 Å². The van der Waals surface area contributed by atoms with Crippen molar-refractivity contribution in [2.24, 2.45) is 0 Å². The lowest BCUT2D eigenvalue weighted by Crippen LogP contribution is -2.55. The molecule has 0 aliphatic carbocycles. The second-order valence-electron chi connectivity index (χ2n) is 8.22. The normalized spacial score (nSPS) is 24.0. The van der Waals surface area contributed by atoms with Gasteiger partial charge in [0, 0.05) is 31.4 Å². The van der Waals surface area contributed by atoms with Crippen molar-refractivity contribution in [3.8, 4) is 0 Å². The maximum atomic E-state index is 14.3. The van der Waals surface area contributed by atoms with E-state index in [1.165, 1.54) is 6.20 Å². The summed E-state index contributed by atoms with van der Waals surface area (Å²) in [5, 5.41) is 6.19. The summed E-state index contributed by atoms with van der Waals surface area (Å²) in [6.07, 6.45) is 7.04. The largest absolute Gasteiger partial charge is 0.378 e. The predicted molar refractivity (Wildman–Crippen MR) is 109 cm³/mol. The number of aromatic nitrogens is 4. The molecule has 2 fully saturated rings. The number of fused-ring (bicyclic) bond motifs is 6. The van der Waals surface area contributed by atoms with Gasteiger partial charge in [-0.3, -0.25) is 15.2 Å². The number of carbonyl (C=O) groups is 1. The Morgan fingerprint density at radius 3 is 3.13 bits per heavy atom. The van der Waals surface area contributed by atoms with Crippen molar-refractivity contribution in [3.63, 3.8) is 0 Å². The summed E-state index contributed by atoms with van der Waals surface area (Å²) in [5.74, 6) is 0.151. The molecule has 0 saturated carbocycles. The maximum Gasteiger partial charge on any atom is 0.271 e. The Morgan fingerprint density at radius 2 is 2.19 bits per heavy atom. The van der Waals surface area contributed by atoms with Gasteiger partial charge >= 0.3 is 0 Å². The van der Waals surface area contributed by atoms with Gasteiger partial charge in [-0.25, -0.2) is 18.9 Å². The molecule has 6 heterocycles. The van der Waals surface area contributed by atoms with Gasteiger partial charge in [-0.2, -0.15) is 5.10 Å². The van der Waals surface area contributed by atoms with Crippen molar-refractivity contribution in [1.29, 1.82) is 0 Å². The number of hydrazine groups is 1. The Hall–Kier alpha value is -3.11. The molecule has 0 spiro atoms. The molecule has 3 aromatic rings. The quantitative estimate of drug-likeness (QED) is 0.586. The molecule has 31 heavy (non-hydrogen) atoms. The number of rotatable bonds is 0. The molecule has 2 bridgehead atoms. The fourth-order valence-electron chi connectivity index (χ4n) is 4.87. The molecule has 1 N–H and O–H groups in total. The zero-order valence-electron chi connectivity index (χ0n) is 16.9. The molecule has 10 heteroatoms. The Kier molecular flexibility index (Phi) is 4.35. The van der Waals surface area contributed by atoms with Crippen LogP contribution in [0.25, 0.3) is 5.65 Å². The number of hydrogen-bond acceptors (Lipinski definition) is 7. The summed E-state index contributed by atoms with van der Waals surface area (Å²) < 4.78 is 21.6. The summed E-state index contributed by atoms with van der Waals surface area (Å²) >= 11 is 0. The van der Waals surface area contributed by atoms with E-state index in [0.717, 1.165) is 36.5 Å². The average Bonchev–Trinajstić information content (AvgIpc) is 3.42. The van der Waals surface area contributed by atoms with Crippen molar-refractivity contribution >= 4 is 17.4 Å². The van der Waals surface area contributed by atoms with Gasteiger partial charge in [0.15, 0.2) is 5.65 Å². The summed E-state index contributed by atoms with van der Waals surface area (Å²) in [6, 6.07) is 3.36. The highest BCUT2D eigenvalue weighted by atomic mass is 19.1. The second kappa shape index (κ2) is 7.24. The van der Waals surface area contributed by atoms with Crippen LogP contribution < -0.4 is 10.3 Å². The minimum absolute atomic E-state index is 0.0260. The zero-order chi connectivity index (χ0) is 20.9. The first-order valence-corrected chi connectivity index (χ1v) is 10.6. The molecule has 9 nitrogen and oxygen atoms in total. The number of halogens is 1. The molecule has 0 radical (unpaired) electrons. The molecule has 6 rings (SSSR count). The smallest absolute Gasteiger partial charge is 0.271 e. The van der Waals surface area contributed by atoms with Crippen molar-refractivity contribution < 1.29 is 13.9 Å². The summed E-state index contributed by atoms with van der Waals surface area (Å²) in [7, 11) is 0. The summed E-state index contributed by atoms with van der Waals surface area (Å²) in [6.45, 7) is 2.34. The average molecular weight is 423 g/mol. The molecule has 3 aliphatic rings. The lowest BCUT2D eigenvalue weighted by atomic mass is 9.98. The third-order valence-electron chi connectivity index (χ3n) is 6.38. The predicted octanol–water partition coefficient (Wildman–Crippen LogP) is 1.51. The van der Waals surface area contributed by atoms with Gasteiger partial charge in [0.2, 0.25) is 0 Å². The van der Waals surface area contributed by atoms with Gasteiger partial charge in [0.05, 0.1) is 37.7 Å². The Balaban J connectivity index is 1.54. The van der Waals surface area contributed by atoms with E-state index in [-0.39, 0.29) is 23.8 Å². The van der Waals surface area contributed by atoms with Gasteiger partial charge in [0.25, 0.3) is 5.91 Å². The van der Waals surface area contributed by atoms with Crippen LogP contribution >= 0.6 is 0 Å².